The molecule has 9 nitrogen and oxygen atoms in total. The van der Waals surface area contributed by atoms with Gasteiger partial charge in [-0.3, -0.25) is 9.36 Å². The number of aromatic nitrogens is 3. The van der Waals surface area contributed by atoms with Crippen LogP contribution in [0.1, 0.15) is 44.9 Å². The van der Waals surface area contributed by atoms with E-state index >= 15 is 0 Å². The summed E-state index contributed by atoms with van der Waals surface area (Å²) >= 11 is 1.27. The van der Waals surface area contributed by atoms with Crippen molar-refractivity contribution in [2.24, 2.45) is 4.99 Å². The van der Waals surface area contributed by atoms with Gasteiger partial charge in [-0.05, 0) is 87.9 Å². The number of esters is 1. The van der Waals surface area contributed by atoms with Gasteiger partial charge in [-0.15, -0.1) is 0 Å². The topological polar surface area (TPSA) is 96.9 Å². The number of para-hydroxylation sites is 1. The second-order valence-electron chi connectivity index (χ2n) is 11.0. The second kappa shape index (κ2) is 13.0. The molecule has 0 saturated carbocycles. The first-order chi connectivity index (χ1) is 22.3. The minimum Gasteiger partial charge on any atom is -0.497 e. The quantitative estimate of drug-likeness (QED) is 0.200. The van der Waals surface area contributed by atoms with Crippen molar-refractivity contribution in [3.63, 3.8) is 0 Å². The van der Waals surface area contributed by atoms with Crippen molar-refractivity contribution < 1.29 is 19.0 Å². The van der Waals surface area contributed by atoms with E-state index in [1.807, 2.05) is 105 Å². The van der Waals surface area contributed by atoms with Gasteiger partial charge in [0.05, 0.1) is 47.4 Å². The Morgan fingerprint density at radius 2 is 1.70 bits per heavy atom. The molecular formula is C36H34N4O5S. The van der Waals surface area contributed by atoms with E-state index < -0.39 is 12.0 Å². The highest BCUT2D eigenvalue weighted by molar-refractivity contribution is 7.07. The summed E-state index contributed by atoms with van der Waals surface area (Å²) in [5.74, 6) is 0.930. The van der Waals surface area contributed by atoms with Crippen LogP contribution in [0.2, 0.25) is 0 Å². The number of methoxy groups -OCH3 is 1. The highest BCUT2D eigenvalue weighted by Gasteiger charge is 2.33. The number of ether oxygens (including phenoxy) is 3. The molecule has 3 heterocycles. The fourth-order valence-corrected chi connectivity index (χ4v) is 6.47. The monoisotopic (exact) mass is 634 g/mol. The van der Waals surface area contributed by atoms with Crippen molar-refractivity contribution in [3.8, 4) is 28.4 Å². The van der Waals surface area contributed by atoms with Crippen LogP contribution >= 0.6 is 11.3 Å². The molecule has 0 spiro atoms. The third kappa shape index (κ3) is 6.03. The second-order valence-corrected chi connectivity index (χ2v) is 12.0. The summed E-state index contributed by atoms with van der Waals surface area (Å²) < 4.78 is 20.5. The number of rotatable bonds is 9. The van der Waals surface area contributed by atoms with E-state index in [4.69, 9.17) is 24.3 Å². The van der Waals surface area contributed by atoms with Crippen molar-refractivity contribution in [2.75, 3.05) is 13.7 Å². The smallest absolute Gasteiger partial charge is 0.338 e. The third-order valence-electron chi connectivity index (χ3n) is 7.50. The standard InChI is InChI=1S/C36H34N4O5S/c1-6-44-35(42)31-23(4)37-36-40(33(31)25-14-16-28(43-5)17-15-25)34(41)30(46-36)20-26-21-39(27-10-8-7-9-11-27)38-32(26)24-12-18-29(19-13-24)45-22(2)3/h7-22,33H,6H2,1-5H3/b30-20-. The number of thiazole rings is 1. The molecule has 6 rings (SSSR count). The fourth-order valence-electron chi connectivity index (χ4n) is 5.43. The maximum absolute atomic E-state index is 14.3. The van der Waals surface area contributed by atoms with Crippen molar-refractivity contribution in [3.05, 3.63) is 127 Å². The van der Waals surface area contributed by atoms with E-state index in [9.17, 15) is 9.59 Å². The van der Waals surface area contributed by atoms with Gasteiger partial charge >= 0.3 is 5.97 Å². The Kier molecular flexibility index (Phi) is 8.72. The molecule has 0 N–H and O–H groups in total. The molecule has 46 heavy (non-hydrogen) atoms. The first kappa shape index (κ1) is 30.8. The third-order valence-corrected chi connectivity index (χ3v) is 8.48. The molecule has 2 aromatic heterocycles. The van der Waals surface area contributed by atoms with Gasteiger partial charge in [-0.25, -0.2) is 14.5 Å². The van der Waals surface area contributed by atoms with E-state index in [1.165, 1.54) is 11.3 Å². The normalized spacial score (nSPS) is 14.7. The van der Waals surface area contributed by atoms with Crippen LogP contribution in [-0.2, 0) is 9.53 Å². The number of benzene rings is 3. The summed E-state index contributed by atoms with van der Waals surface area (Å²) in [4.78, 5) is 32.7. The van der Waals surface area contributed by atoms with E-state index in [0.717, 1.165) is 28.1 Å². The molecular weight excluding hydrogens is 600 g/mol. The van der Waals surface area contributed by atoms with Crippen LogP contribution < -0.4 is 24.4 Å². The predicted octanol–water partition coefficient (Wildman–Crippen LogP) is 5.45. The lowest BCUT2D eigenvalue weighted by Gasteiger charge is -2.24. The molecule has 234 valence electrons. The minimum atomic E-state index is -0.719. The number of fused-ring (bicyclic) bond motifs is 1. The number of hydrogen-bond donors (Lipinski definition) is 0. The van der Waals surface area contributed by atoms with Gasteiger partial charge < -0.3 is 14.2 Å². The van der Waals surface area contributed by atoms with Crippen LogP contribution in [0.3, 0.4) is 0 Å². The van der Waals surface area contributed by atoms with Gasteiger partial charge in [0.15, 0.2) is 4.80 Å². The molecule has 0 fully saturated rings. The summed E-state index contributed by atoms with van der Waals surface area (Å²) in [6.45, 7) is 7.70. The van der Waals surface area contributed by atoms with Gasteiger partial charge in [0.2, 0.25) is 0 Å². The van der Waals surface area contributed by atoms with Gasteiger partial charge in [0.25, 0.3) is 5.56 Å². The summed E-state index contributed by atoms with van der Waals surface area (Å²) in [5, 5.41) is 4.93. The molecule has 1 atom stereocenters. The van der Waals surface area contributed by atoms with Crippen LogP contribution in [0.25, 0.3) is 23.0 Å². The van der Waals surface area contributed by atoms with Gasteiger partial charge in [-0.1, -0.05) is 41.7 Å². The zero-order chi connectivity index (χ0) is 32.4. The lowest BCUT2D eigenvalue weighted by molar-refractivity contribution is -0.139. The molecule has 1 aliphatic heterocycles. The Morgan fingerprint density at radius 3 is 2.35 bits per heavy atom. The van der Waals surface area contributed by atoms with E-state index in [2.05, 4.69) is 0 Å². The van der Waals surface area contributed by atoms with E-state index in [0.29, 0.717) is 32.0 Å². The summed E-state index contributed by atoms with van der Waals surface area (Å²) in [6, 6.07) is 24.2. The average molecular weight is 635 g/mol. The molecule has 0 aliphatic carbocycles. The molecule has 3 aromatic carbocycles. The first-order valence-corrected chi connectivity index (χ1v) is 15.8. The van der Waals surface area contributed by atoms with Crippen LogP contribution in [0.4, 0.5) is 0 Å². The van der Waals surface area contributed by atoms with Crippen molar-refractivity contribution in [2.45, 2.75) is 39.8 Å². The van der Waals surface area contributed by atoms with Crippen LogP contribution in [0, 0.1) is 0 Å². The van der Waals surface area contributed by atoms with Crippen LogP contribution in [0.15, 0.2) is 106 Å². The molecule has 0 bridgehead atoms. The highest BCUT2D eigenvalue weighted by atomic mass is 32.1. The molecule has 1 aliphatic rings. The van der Waals surface area contributed by atoms with Crippen molar-refractivity contribution in [1.29, 1.82) is 0 Å². The minimum absolute atomic E-state index is 0.0551. The molecule has 0 saturated heterocycles. The van der Waals surface area contributed by atoms with Gasteiger partial charge in [0, 0.05) is 17.3 Å². The number of hydrogen-bond acceptors (Lipinski definition) is 8. The largest absolute Gasteiger partial charge is 0.497 e. The number of carbonyl (C=O) groups is 1. The van der Waals surface area contributed by atoms with E-state index in [1.54, 1.807) is 30.2 Å². The Hall–Kier alpha value is -5.22. The fraction of sp³-hybridized carbons (Fsp3) is 0.222. The first-order valence-electron chi connectivity index (χ1n) is 15.0. The van der Waals surface area contributed by atoms with Gasteiger partial charge in [-0.2, -0.15) is 5.10 Å². The Morgan fingerprint density at radius 1 is 1.00 bits per heavy atom. The van der Waals surface area contributed by atoms with Gasteiger partial charge in [0.1, 0.15) is 17.2 Å². The maximum atomic E-state index is 14.3. The number of allylic oxidation sites excluding steroid dienone is 1. The lowest BCUT2D eigenvalue weighted by Crippen LogP contribution is -2.39. The average Bonchev–Trinajstić information content (AvgIpc) is 3.61. The SMILES string of the molecule is CCOC(=O)C1=C(C)N=c2s/c(=C\c3cn(-c4ccccc4)nc3-c3ccc(OC(C)C)cc3)c(=O)n2C1c1ccc(OC)cc1. The Bertz CT molecular complexity index is 2090. The predicted molar refractivity (Wildman–Crippen MR) is 178 cm³/mol. The molecule has 5 aromatic rings. The highest BCUT2D eigenvalue weighted by Crippen LogP contribution is 2.32. The Labute approximate surface area is 270 Å². The van der Waals surface area contributed by atoms with E-state index in [-0.39, 0.29) is 18.3 Å². The zero-order valence-corrected chi connectivity index (χ0v) is 27.1. The lowest BCUT2D eigenvalue weighted by atomic mass is 9.96. The number of nitrogens with zero attached hydrogens (tertiary/aromatic N) is 4. The molecule has 1 unspecified atom stereocenters. The summed E-state index contributed by atoms with van der Waals surface area (Å²) in [5.41, 5.74) is 4.54. The molecule has 0 amide bonds. The van der Waals surface area contributed by atoms with Crippen LogP contribution in [-0.4, -0.2) is 40.1 Å². The zero-order valence-electron chi connectivity index (χ0n) is 26.3. The summed E-state index contributed by atoms with van der Waals surface area (Å²) in [6.07, 6.45) is 3.82. The molecule has 10 heteroatoms. The van der Waals surface area contributed by atoms with Crippen molar-refractivity contribution in [1.82, 2.24) is 14.3 Å². The number of carbonyl (C=O) groups excluding carboxylic acids is 1. The van der Waals surface area contributed by atoms with Crippen LogP contribution in [0.5, 0.6) is 11.5 Å². The maximum Gasteiger partial charge on any atom is 0.338 e. The molecule has 0 radical (unpaired) electrons. The Balaban J connectivity index is 1.52. The van der Waals surface area contributed by atoms with Crippen molar-refractivity contribution >= 4 is 23.4 Å². The summed E-state index contributed by atoms with van der Waals surface area (Å²) in [7, 11) is 1.59.